The van der Waals surface area contributed by atoms with Gasteiger partial charge in [-0.25, -0.2) is 0 Å². The first-order chi connectivity index (χ1) is 5.57. The number of nitrogens with zero attached hydrogens (tertiary/aromatic N) is 1. The van der Waals surface area contributed by atoms with Gasteiger partial charge in [-0.05, 0) is 6.42 Å². The molecule has 0 aliphatic rings. The monoisotopic (exact) mass is 173 g/mol. The summed E-state index contributed by atoms with van der Waals surface area (Å²) in [6.45, 7) is 0.372. The second-order valence-electron chi connectivity index (χ2n) is 2.32. The lowest BCUT2D eigenvalue weighted by atomic mass is 10.2. The zero-order valence-corrected chi connectivity index (χ0v) is 7.08. The molecule has 0 spiro atoms. The Bertz CT molecular complexity index is 175. The molecule has 0 aliphatic carbocycles. The lowest BCUT2D eigenvalue weighted by Gasteiger charge is -2.07. The predicted molar refractivity (Wildman–Crippen MR) is 47.3 cm³/mol. The van der Waals surface area contributed by atoms with E-state index in [1.807, 2.05) is 0 Å². The summed E-state index contributed by atoms with van der Waals surface area (Å²) in [5.41, 5.74) is 15.6. The highest BCUT2D eigenvalue weighted by Gasteiger charge is 2.09. The second kappa shape index (κ2) is 5.36. The number of rotatable bonds is 4. The molecule has 0 saturated heterocycles. The summed E-state index contributed by atoms with van der Waals surface area (Å²) in [7, 11) is 1.53. The van der Waals surface area contributed by atoms with Gasteiger partial charge in [0, 0.05) is 13.6 Å². The maximum absolute atomic E-state index is 10.8. The normalized spacial score (nSPS) is 11.8. The third-order valence-electron chi connectivity index (χ3n) is 1.32. The van der Waals surface area contributed by atoms with Gasteiger partial charge in [-0.15, -0.1) is 0 Å². The molecule has 70 valence electrons. The molecular weight excluding hydrogens is 158 g/mol. The minimum atomic E-state index is -0.543. The maximum atomic E-state index is 10.8. The summed E-state index contributed by atoms with van der Waals surface area (Å²) in [4.78, 5) is 14.5. The molecule has 0 radical (unpaired) electrons. The van der Waals surface area contributed by atoms with Crippen LogP contribution in [0, 0.1) is 0 Å². The van der Waals surface area contributed by atoms with E-state index in [9.17, 15) is 4.79 Å². The lowest BCUT2D eigenvalue weighted by Crippen LogP contribution is -2.39. The smallest absolute Gasteiger partial charge is 0.236 e. The third kappa shape index (κ3) is 4.51. The molecule has 0 bridgehead atoms. The third-order valence-corrected chi connectivity index (χ3v) is 1.32. The van der Waals surface area contributed by atoms with Gasteiger partial charge >= 0.3 is 0 Å². The van der Waals surface area contributed by atoms with Crippen molar-refractivity contribution in [3.8, 4) is 0 Å². The van der Waals surface area contributed by atoms with Crippen molar-refractivity contribution >= 4 is 11.9 Å². The van der Waals surface area contributed by atoms with E-state index in [2.05, 4.69) is 10.3 Å². The number of likely N-dealkylation sites (N-methyl/N-ethyl adjacent to an activating group) is 1. The molecule has 7 N–H and O–H groups in total. The molecule has 0 aromatic rings. The van der Waals surface area contributed by atoms with Gasteiger partial charge in [-0.2, -0.15) is 0 Å². The molecule has 0 aliphatic heterocycles. The highest BCUT2D eigenvalue weighted by molar-refractivity contribution is 5.81. The van der Waals surface area contributed by atoms with Crippen molar-refractivity contribution < 1.29 is 4.79 Å². The van der Waals surface area contributed by atoms with Crippen molar-refractivity contribution in [1.82, 2.24) is 5.32 Å². The largest absolute Gasteiger partial charge is 0.370 e. The Labute approximate surface area is 71.2 Å². The maximum Gasteiger partial charge on any atom is 0.236 e. The van der Waals surface area contributed by atoms with E-state index in [1.54, 1.807) is 0 Å². The first-order valence-corrected chi connectivity index (χ1v) is 3.60. The van der Waals surface area contributed by atoms with Crippen LogP contribution in [0.1, 0.15) is 6.42 Å². The Morgan fingerprint density at radius 1 is 1.58 bits per heavy atom. The standard InChI is InChI=1S/C6H15N5O/c1-10-5(12)4(7)2-3-11-6(8)9/h4H,2-3,7H2,1H3,(H,10,12)(H4,8,9,11)/t4-/m0/s1. The van der Waals surface area contributed by atoms with Gasteiger partial charge in [-0.3, -0.25) is 9.79 Å². The molecule has 0 saturated carbocycles. The van der Waals surface area contributed by atoms with Crippen molar-refractivity contribution in [2.24, 2.45) is 22.2 Å². The number of guanidine groups is 1. The highest BCUT2D eigenvalue weighted by atomic mass is 16.2. The van der Waals surface area contributed by atoms with Crippen molar-refractivity contribution in [1.29, 1.82) is 0 Å². The van der Waals surface area contributed by atoms with Crippen molar-refractivity contribution in [2.75, 3.05) is 13.6 Å². The molecule has 0 rings (SSSR count). The van der Waals surface area contributed by atoms with E-state index in [0.717, 1.165) is 0 Å². The van der Waals surface area contributed by atoms with Crippen LogP contribution in [0.15, 0.2) is 4.99 Å². The number of hydrogen-bond acceptors (Lipinski definition) is 3. The second-order valence-corrected chi connectivity index (χ2v) is 2.32. The number of hydrogen-bond donors (Lipinski definition) is 4. The molecular formula is C6H15N5O. The quantitative estimate of drug-likeness (QED) is 0.283. The van der Waals surface area contributed by atoms with Crippen LogP contribution in [0.3, 0.4) is 0 Å². The Balaban J connectivity index is 3.64. The summed E-state index contributed by atoms with van der Waals surface area (Å²) in [6.07, 6.45) is 0.442. The fourth-order valence-electron chi connectivity index (χ4n) is 0.649. The lowest BCUT2D eigenvalue weighted by molar-refractivity contribution is -0.121. The molecule has 0 aromatic heterocycles. The van der Waals surface area contributed by atoms with Gasteiger partial charge in [0.2, 0.25) is 5.91 Å². The summed E-state index contributed by atoms with van der Waals surface area (Å²) >= 11 is 0. The van der Waals surface area contributed by atoms with Crippen LogP contribution in [0.4, 0.5) is 0 Å². The van der Waals surface area contributed by atoms with Crippen LogP contribution in [0.2, 0.25) is 0 Å². The van der Waals surface area contributed by atoms with Crippen molar-refractivity contribution in [2.45, 2.75) is 12.5 Å². The number of amides is 1. The summed E-state index contributed by atoms with van der Waals surface area (Å²) in [5, 5.41) is 2.43. The molecule has 0 aromatic carbocycles. The van der Waals surface area contributed by atoms with Gasteiger partial charge in [0.15, 0.2) is 5.96 Å². The molecule has 12 heavy (non-hydrogen) atoms. The molecule has 1 amide bonds. The van der Waals surface area contributed by atoms with E-state index in [0.29, 0.717) is 13.0 Å². The van der Waals surface area contributed by atoms with Gasteiger partial charge < -0.3 is 22.5 Å². The van der Waals surface area contributed by atoms with E-state index >= 15 is 0 Å². The van der Waals surface area contributed by atoms with Crippen LogP contribution < -0.4 is 22.5 Å². The summed E-state index contributed by atoms with van der Waals surface area (Å²) in [5.74, 6) is -0.195. The first kappa shape index (κ1) is 10.7. The van der Waals surface area contributed by atoms with E-state index in [-0.39, 0.29) is 11.9 Å². The Morgan fingerprint density at radius 3 is 2.58 bits per heavy atom. The zero-order chi connectivity index (χ0) is 9.56. The SMILES string of the molecule is CNC(=O)[C@@H](N)CCN=C(N)N. The minimum absolute atomic E-state index is 0.0131. The zero-order valence-electron chi connectivity index (χ0n) is 7.08. The molecule has 1 atom stereocenters. The minimum Gasteiger partial charge on any atom is -0.370 e. The van der Waals surface area contributed by atoms with E-state index in [1.165, 1.54) is 7.05 Å². The van der Waals surface area contributed by atoms with Crippen molar-refractivity contribution in [3.05, 3.63) is 0 Å². The number of nitrogens with two attached hydrogens (primary N) is 3. The molecule has 6 nitrogen and oxygen atoms in total. The number of carbonyl (C=O) groups is 1. The van der Waals surface area contributed by atoms with E-state index in [4.69, 9.17) is 17.2 Å². The Hall–Kier alpha value is -1.30. The molecule has 6 heteroatoms. The Kier molecular flexibility index (Phi) is 4.78. The predicted octanol–water partition coefficient (Wildman–Crippen LogP) is -2.28. The number of aliphatic imine (C=N–C) groups is 1. The topological polar surface area (TPSA) is 120 Å². The fraction of sp³-hybridized carbons (Fsp3) is 0.667. The van der Waals surface area contributed by atoms with Crippen LogP contribution in [-0.2, 0) is 4.79 Å². The highest BCUT2D eigenvalue weighted by Crippen LogP contribution is 1.88. The average Bonchev–Trinajstić information content (AvgIpc) is 2.02. The molecule has 0 fully saturated rings. The average molecular weight is 173 g/mol. The number of carbonyl (C=O) groups excluding carboxylic acids is 1. The fourth-order valence-corrected chi connectivity index (χ4v) is 0.649. The van der Waals surface area contributed by atoms with Crippen molar-refractivity contribution in [3.63, 3.8) is 0 Å². The van der Waals surface area contributed by atoms with E-state index < -0.39 is 6.04 Å². The molecule has 0 unspecified atom stereocenters. The Morgan fingerprint density at radius 2 is 2.17 bits per heavy atom. The summed E-state index contributed by atoms with van der Waals surface area (Å²) < 4.78 is 0. The molecule has 0 heterocycles. The first-order valence-electron chi connectivity index (χ1n) is 3.60. The van der Waals surface area contributed by atoms with Gasteiger partial charge in [0.05, 0.1) is 6.04 Å². The van der Waals surface area contributed by atoms with Gasteiger partial charge in [0.25, 0.3) is 0 Å². The van der Waals surface area contributed by atoms with Crippen LogP contribution in [-0.4, -0.2) is 31.5 Å². The van der Waals surface area contributed by atoms with Gasteiger partial charge in [-0.1, -0.05) is 0 Å². The van der Waals surface area contributed by atoms with Crippen LogP contribution in [0.5, 0.6) is 0 Å². The van der Waals surface area contributed by atoms with Crippen LogP contribution >= 0.6 is 0 Å². The number of nitrogens with one attached hydrogen (secondary N) is 1. The summed E-state index contributed by atoms with van der Waals surface area (Å²) in [6, 6.07) is -0.543. The van der Waals surface area contributed by atoms with Gasteiger partial charge in [0.1, 0.15) is 0 Å². The van der Waals surface area contributed by atoms with Crippen LogP contribution in [0.25, 0.3) is 0 Å².